The molecule has 0 aliphatic carbocycles. The summed E-state index contributed by atoms with van der Waals surface area (Å²) >= 11 is 0. The lowest BCUT2D eigenvalue weighted by Gasteiger charge is -2.13. The third-order valence-corrected chi connectivity index (χ3v) is 3.69. The van der Waals surface area contributed by atoms with Gasteiger partial charge in [0.1, 0.15) is 11.5 Å². The Morgan fingerprint density at radius 2 is 1.65 bits per heavy atom. The number of hydrogen-bond donors (Lipinski definition) is 3. The minimum atomic E-state index is -0.720. The maximum atomic E-state index is 12.0. The van der Waals surface area contributed by atoms with Crippen molar-refractivity contribution in [2.45, 2.75) is 12.5 Å². The normalized spacial score (nSPS) is 11.3. The van der Waals surface area contributed by atoms with Gasteiger partial charge in [0.05, 0.1) is 26.8 Å². The molecule has 2 rings (SSSR count). The molecule has 2 aromatic carbocycles. The molecule has 0 aliphatic rings. The lowest BCUT2D eigenvalue weighted by atomic mass is 10.1. The predicted molar refractivity (Wildman–Crippen MR) is 99.3 cm³/mol. The summed E-state index contributed by atoms with van der Waals surface area (Å²) in [4.78, 5) is 24.1. The van der Waals surface area contributed by atoms with Gasteiger partial charge in [-0.15, -0.1) is 0 Å². The summed E-state index contributed by atoms with van der Waals surface area (Å²) in [6.45, 7) is -0.180. The van der Waals surface area contributed by atoms with Crippen molar-refractivity contribution >= 4 is 17.5 Å². The molecule has 2 amide bonds. The maximum absolute atomic E-state index is 12.0. The van der Waals surface area contributed by atoms with Gasteiger partial charge in [0.2, 0.25) is 11.8 Å². The number of anilines is 1. The molecule has 26 heavy (non-hydrogen) atoms. The van der Waals surface area contributed by atoms with E-state index < -0.39 is 6.04 Å². The third kappa shape index (κ3) is 5.78. The van der Waals surface area contributed by atoms with Crippen LogP contribution in [0.2, 0.25) is 0 Å². The summed E-state index contributed by atoms with van der Waals surface area (Å²) < 4.78 is 10.3. The Labute approximate surface area is 152 Å². The van der Waals surface area contributed by atoms with Crippen LogP contribution in [0.15, 0.2) is 48.5 Å². The average Bonchev–Trinajstić information content (AvgIpc) is 2.66. The van der Waals surface area contributed by atoms with Gasteiger partial charge >= 0.3 is 0 Å². The summed E-state index contributed by atoms with van der Waals surface area (Å²) in [6.07, 6.45) is 0.404. The van der Waals surface area contributed by atoms with Gasteiger partial charge < -0.3 is 25.8 Å². The van der Waals surface area contributed by atoms with Crippen LogP contribution in [-0.2, 0) is 16.0 Å². The fourth-order valence-electron chi connectivity index (χ4n) is 2.34. The Morgan fingerprint density at radius 1 is 1.04 bits per heavy atom. The third-order valence-electron chi connectivity index (χ3n) is 3.69. The van der Waals surface area contributed by atoms with E-state index in [0.717, 1.165) is 5.56 Å². The maximum Gasteiger partial charge on any atom is 0.243 e. The molecule has 0 spiro atoms. The van der Waals surface area contributed by atoms with E-state index in [9.17, 15) is 9.59 Å². The first-order valence-corrected chi connectivity index (χ1v) is 8.12. The summed E-state index contributed by atoms with van der Waals surface area (Å²) in [5.74, 6) is 0.343. The number of hydrogen-bond acceptors (Lipinski definition) is 5. The highest BCUT2D eigenvalue weighted by atomic mass is 16.5. The smallest absolute Gasteiger partial charge is 0.243 e. The van der Waals surface area contributed by atoms with Crippen LogP contribution in [0.3, 0.4) is 0 Å². The van der Waals surface area contributed by atoms with E-state index in [1.54, 1.807) is 18.2 Å². The SMILES string of the molecule is COc1cc(NC(=O)CNC(=O)[C@@H](N)Cc2ccccc2)cc(OC)c1. The Morgan fingerprint density at radius 3 is 2.23 bits per heavy atom. The van der Waals surface area contributed by atoms with Crippen LogP contribution >= 0.6 is 0 Å². The number of ether oxygens (including phenoxy) is 2. The minimum Gasteiger partial charge on any atom is -0.497 e. The van der Waals surface area contributed by atoms with Crippen LogP contribution in [0.1, 0.15) is 5.56 Å². The van der Waals surface area contributed by atoms with E-state index in [0.29, 0.717) is 23.6 Å². The topological polar surface area (TPSA) is 103 Å². The van der Waals surface area contributed by atoms with Gasteiger partial charge in [-0.25, -0.2) is 0 Å². The van der Waals surface area contributed by atoms with E-state index >= 15 is 0 Å². The molecule has 0 saturated heterocycles. The van der Waals surface area contributed by atoms with Crippen LogP contribution in [0, 0.1) is 0 Å². The number of amides is 2. The second-order valence-electron chi connectivity index (χ2n) is 5.66. The summed E-state index contributed by atoms with van der Waals surface area (Å²) in [5, 5.41) is 5.22. The van der Waals surface area contributed by atoms with Crippen LogP contribution < -0.4 is 25.8 Å². The van der Waals surface area contributed by atoms with Crippen molar-refractivity contribution in [2.75, 3.05) is 26.1 Å². The highest BCUT2D eigenvalue weighted by Gasteiger charge is 2.15. The molecular formula is C19H23N3O4. The molecule has 0 saturated carbocycles. The molecule has 2 aromatic rings. The highest BCUT2D eigenvalue weighted by Crippen LogP contribution is 2.25. The fraction of sp³-hybridized carbons (Fsp3) is 0.263. The van der Waals surface area contributed by atoms with E-state index in [-0.39, 0.29) is 18.4 Å². The quantitative estimate of drug-likeness (QED) is 0.661. The van der Waals surface area contributed by atoms with E-state index in [1.165, 1.54) is 14.2 Å². The number of nitrogens with one attached hydrogen (secondary N) is 2. The second kappa shape index (κ2) is 9.43. The molecule has 0 unspecified atom stereocenters. The van der Waals surface area contributed by atoms with Crippen molar-refractivity contribution in [2.24, 2.45) is 5.73 Å². The first-order valence-electron chi connectivity index (χ1n) is 8.12. The molecular weight excluding hydrogens is 334 g/mol. The van der Waals surface area contributed by atoms with Crippen molar-refractivity contribution in [1.82, 2.24) is 5.32 Å². The molecule has 7 heteroatoms. The summed E-state index contributed by atoms with van der Waals surface area (Å²) in [6, 6.07) is 13.7. The van der Waals surface area contributed by atoms with Crippen molar-refractivity contribution in [3.05, 3.63) is 54.1 Å². The fourth-order valence-corrected chi connectivity index (χ4v) is 2.34. The van der Waals surface area contributed by atoms with Gasteiger partial charge in [-0.2, -0.15) is 0 Å². The number of nitrogens with two attached hydrogens (primary N) is 1. The lowest BCUT2D eigenvalue weighted by Crippen LogP contribution is -2.44. The van der Waals surface area contributed by atoms with Crippen molar-refractivity contribution in [1.29, 1.82) is 0 Å². The number of methoxy groups -OCH3 is 2. The molecule has 0 fully saturated rings. The highest BCUT2D eigenvalue weighted by molar-refractivity contribution is 5.95. The molecule has 0 radical (unpaired) electrons. The molecule has 0 aliphatic heterocycles. The number of benzene rings is 2. The van der Waals surface area contributed by atoms with Crippen LogP contribution in [-0.4, -0.2) is 38.6 Å². The number of carbonyl (C=O) groups excluding carboxylic acids is 2. The molecule has 1 atom stereocenters. The first kappa shape index (κ1) is 19.3. The lowest BCUT2D eigenvalue weighted by molar-refractivity contribution is -0.125. The van der Waals surface area contributed by atoms with Gasteiger partial charge in [-0.1, -0.05) is 30.3 Å². The molecule has 138 valence electrons. The zero-order chi connectivity index (χ0) is 18.9. The minimum absolute atomic E-state index is 0.180. The summed E-state index contributed by atoms with van der Waals surface area (Å²) in [5.41, 5.74) is 7.36. The number of carbonyl (C=O) groups is 2. The van der Waals surface area contributed by atoms with E-state index in [2.05, 4.69) is 10.6 Å². The Bertz CT molecular complexity index is 727. The molecule has 0 aromatic heterocycles. The van der Waals surface area contributed by atoms with E-state index in [1.807, 2.05) is 30.3 Å². The average molecular weight is 357 g/mol. The van der Waals surface area contributed by atoms with Gasteiger partial charge in [-0.3, -0.25) is 9.59 Å². The zero-order valence-corrected chi connectivity index (χ0v) is 14.8. The van der Waals surface area contributed by atoms with Crippen LogP contribution in [0.25, 0.3) is 0 Å². The predicted octanol–water partition coefficient (Wildman–Crippen LogP) is 1.33. The second-order valence-corrected chi connectivity index (χ2v) is 5.66. The number of rotatable bonds is 8. The van der Waals surface area contributed by atoms with Gasteiger partial charge in [0, 0.05) is 23.9 Å². The summed E-state index contributed by atoms with van der Waals surface area (Å²) in [7, 11) is 3.05. The molecule has 0 bridgehead atoms. The molecule has 7 nitrogen and oxygen atoms in total. The van der Waals surface area contributed by atoms with Crippen molar-refractivity contribution in [3.8, 4) is 11.5 Å². The molecule has 4 N–H and O–H groups in total. The zero-order valence-electron chi connectivity index (χ0n) is 14.8. The van der Waals surface area contributed by atoms with Crippen LogP contribution in [0.4, 0.5) is 5.69 Å². The van der Waals surface area contributed by atoms with Crippen LogP contribution in [0.5, 0.6) is 11.5 Å². The standard InChI is InChI=1S/C19H23N3O4/c1-25-15-9-14(10-16(11-15)26-2)22-18(23)12-21-19(24)17(20)8-13-6-4-3-5-7-13/h3-7,9-11,17H,8,12,20H2,1-2H3,(H,21,24)(H,22,23)/t17-/m0/s1. The van der Waals surface area contributed by atoms with Gasteiger partial charge in [0.25, 0.3) is 0 Å². The largest absolute Gasteiger partial charge is 0.497 e. The Hall–Kier alpha value is -3.06. The Balaban J connectivity index is 1.85. The van der Waals surface area contributed by atoms with Gasteiger partial charge in [-0.05, 0) is 12.0 Å². The Kier molecular flexibility index (Phi) is 6.99. The van der Waals surface area contributed by atoms with Gasteiger partial charge in [0.15, 0.2) is 0 Å². The first-order chi connectivity index (χ1) is 12.5. The van der Waals surface area contributed by atoms with Crippen molar-refractivity contribution < 1.29 is 19.1 Å². The monoisotopic (exact) mass is 357 g/mol. The van der Waals surface area contributed by atoms with Crippen molar-refractivity contribution in [3.63, 3.8) is 0 Å². The van der Waals surface area contributed by atoms with E-state index in [4.69, 9.17) is 15.2 Å². The molecule has 0 heterocycles.